The quantitative estimate of drug-likeness (QED) is 0.730. The fourth-order valence-corrected chi connectivity index (χ4v) is 3.56. The first-order valence-corrected chi connectivity index (χ1v) is 8.92. The lowest BCUT2D eigenvalue weighted by molar-refractivity contribution is 0.639. The highest BCUT2D eigenvalue weighted by Crippen LogP contribution is 2.39. The van der Waals surface area contributed by atoms with Gasteiger partial charge in [0.15, 0.2) is 5.82 Å². The summed E-state index contributed by atoms with van der Waals surface area (Å²) >= 11 is 0. The Balaban J connectivity index is 1.35. The number of hydrogen-bond acceptors (Lipinski definition) is 6. The molecule has 1 aliphatic carbocycles. The van der Waals surface area contributed by atoms with Crippen LogP contribution in [0.1, 0.15) is 30.3 Å². The van der Waals surface area contributed by atoms with E-state index in [9.17, 15) is 0 Å². The van der Waals surface area contributed by atoms with Gasteiger partial charge in [-0.2, -0.15) is 5.10 Å². The number of aryl methyl sites for hydroxylation is 1. The van der Waals surface area contributed by atoms with Crippen molar-refractivity contribution in [1.82, 2.24) is 24.6 Å². The maximum atomic E-state index is 4.67. The standard InChI is InChI=1S/C18H21N7/c1-13-21-15(14-2-3-14)12-17(22-13)23-8-10-24(11-9-23)18-16-4-5-20-25(16)7-6-19-18/h4-7,12,14H,2-3,8-11H2,1H3. The Hall–Kier alpha value is -2.70. The van der Waals surface area contributed by atoms with E-state index in [1.807, 2.05) is 36.1 Å². The molecule has 1 saturated carbocycles. The summed E-state index contributed by atoms with van der Waals surface area (Å²) in [5.41, 5.74) is 2.28. The van der Waals surface area contributed by atoms with E-state index in [0.29, 0.717) is 5.92 Å². The van der Waals surface area contributed by atoms with Crippen LogP contribution in [0.5, 0.6) is 0 Å². The first kappa shape index (κ1) is 14.6. The molecule has 1 saturated heterocycles. The topological polar surface area (TPSA) is 62.5 Å². The summed E-state index contributed by atoms with van der Waals surface area (Å²) in [7, 11) is 0. The van der Waals surface area contributed by atoms with Gasteiger partial charge in [0.05, 0.1) is 6.20 Å². The zero-order chi connectivity index (χ0) is 16.8. The van der Waals surface area contributed by atoms with Crippen LogP contribution in [0.3, 0.4) is 0 Å². The van der Waals surface area contributed by atoms with Crippen molar-refractivity contribution in [3.8, 4) is 0 Å². The van der Waals surface area contributed by atoms with Crippen LogP contribution in [0.2, 0.25) is 0 Å². The smallest absolute Gasteiger partial charge is 0.154 e. The molecule has 2 fully saturated rings. The third kappa shape index (κ3) is 2.69. The summed E-state index contributed by atoms with van der Waals surface area (Å²) in [6, 6.07) is 4.21. The summed E-state index contributed by atoms with van der Waals surface area (Å²) in [6.07, 6.45) is 8.06. The summed E-state index contributed by atoms with van der Waals surface area (Å²) < 4.78 is 1.88. The Kier molecular flexibility index (Phi) is 3.33. The van der Waals surface area contributed by atoms with Crippen LogP contribution in [0.15, 0.2) is 30.7 Å². The van der Waals surface area contributed by atoms with Gasteiger partial charge in [0.1, 0.15) is 17.2 Å². The summed E-state index contributed by atoms with van der Waals surface area (Å²) in [4.78, 5) is 18.6. The van der Waals surface area contributed by atoms with E-state index in [-0.39, 0.29) is 0 Å². The van der Waals surface area contributed by atoms with Crippen LogP contribution in [-0.2, 0) is 0 Å². The summed E-state index contributed by atoms with van der Waals surface area (Å²) in [5.74, 6) is 3.62. The molecule has 0 bridgehead atoms. The predicted octanol–water partition coefficient (Wildman–Crippen LogP) is 2.03. The molecule has 0 atom stereocenters. The molecule has 0 amide bonds. The van der Waals surface area contributed by atoms with Crippen molar-refractivity contribution in [1.29, 1.82) is 0 Å². The van der Waals surface area contributed by atoms with E-state index in [1.54, 1.807) is 0 Å². The zero-order valence-electron chi connectivity index (χ0n) is 14.3. The SMILES string of the molecule is Cc1nc(C2CC2)cc(N2CCN(c3nccn4nccc34)CC2)n1. The van der Waals surface area contributed by atoms with E-state index in [0.717, 1.165) is 49.2 Å². The van der Waals surface area contributed by atoms with Gasteiger partial charge in [-0.25, -0.2) is 19.5 Å². The molecule has 3 aromatic rings. The van der Waals surface area contributed by atoms with Crippen LogP contribution < -0.4 is 9.80 Å². The monoisotopic (exact) mass is 335 g/mol. The molecule has 4 heterocycles. The number of anilines is 2. The average molecular weight is 335 g/mol. The minimum atomic E-state index is 0.658. The van der Waals surface area contributed by atoms with Crippen LogP contribution in [0, 0.1) is 6.92 Å². The maximum Gasteiger partial charge on any atom is 0.154 e. The van der Waals surface area contributed by atoms with Gasteiger partial charge >= 0.3 is 0 Å². The minimum Gasteiger partial charge on any atom is -0.353 e. The summed E-state index contributed by atoms with van der Waals surface area (Å²) in [5, 5.41) is 4.30. The van der Waals surface area contributed by atoms with Crippen LogP contribution >= 0.6 is 0 Å². The summed E-state index contributed by atoms with van der Waals surface area (Å²) in [6.45, 7) is 5.74. The molecule has 1 aliphatic heterocycles. The molecule has 0 unspecified atom stereocenters. The van der Waals surface area contributed by atoms with Crippen molar-refractivity contribution in [3.63, 3.8) is 0 Å². The molecule has 0 radical (unpaired) electrons. The highest BCUT2D eigenvalue weighted by atomic mass is 15.3. The van der Waals surface area contributed by atoms with Crippen molar-refractivity contribution in [2.75, 3.05) is 36.0 Å². The maximum absolute atomic E-state index is 4.67. The number of rotatable bonds is 3. The number of fused-ring (bicyclic) bond motifs is 1. The van der Waals surface area contributed by atoms with Crippen LogP contribution in [0.25, 0.3) is 5.52 Å². The number of nitrogens with zero attached hydrogens (tertiary/aromatic N) is 7. The molecule has 0 N–H and O–H groups in total. The predicted molar refractivity (Wildman–Crippen MR) is 96.2 cm³/mol. The van der Waals surface area contributed by atoms with E-state index in [4.69, 9.17) is 0 Å². The van der Waals surface area contributed by atoms with Gasteiger partial charge in [-0.1, -0.05) is 0 Å². The third-order valence-corrected chi connectivity index (χ3v) is 5.05. The minimum absolute atomic E-state index is 0.658. The molecule has 5 rings (SSSR count). The molecule has 25 heavy (non-hydrogen) atoms. The number of aromatic nitrogens is 5. The Labute approximate surface area is 146 Å². The molecule has 2 aliphatic rings. The Morgan fingerprint density at radius 1 is 1.00 bits per heavy atom. The van der Waals surface area contributed by atoms with Gasteiger partial charge in [0.2, 0.25) is 0 Å². The van der Waals surface area contributed by atoms with Gasteiger partial charge in [0.25, 0.3) is 0 Å². The highest BCUT2D eigenvalue weighted by Gasteiger charge is 2.27. The second-order valence-corrected chi connectivity index (χ2v) is 6.86. The lowest BCUT2D eigenvalue weighted by atomic mass is 10.2. The molecule has 128 valence electrons. The van der Waals surface area contributed by atoms with Gasteiger partial charge in [-0.05, 0) is 25.8 Å². The van der Waals surface area contributed by atoms with Crippen molar-refractivity contribution in [2.24, 2.45) is 0 Å². The molecule has 7 heteroatoms. The van der Waals surface area contributed by atoms with Gasteiger partial charge in [-0.15, -0.1) is 0 Å². The second-order valence-electron chi connectivity index (χ2n) is 6.86. The highest BCUT2D eigenvalue weighted by molar-refractivity contribution is 5.68. The van der Waals surface area contributed by atoms with E-state index < -0.39 is 0 Å². The molecule has 0 aromatic carbocycles. The van der Waals surface area contributed by atoms with Gasteiger partial charge in [0, 0.05) is 56.3 Å². The lowest BCUT2D eigenvalue weighted by Gasteiger charge is -2.36. The van der Waals surface area contributed by atoms with E-state index >= 15 is 0 Å². The van der Waals surface area contributed by atoms with E-state index in [2.05, 4.69) is 35.9 Å². The first-order valence-electron chi connectivity index (χ1n) is 8.92. The van der Waals surface area contributed by atoms with Crippen molar-refractivity contribution in [3.05, 3.63) is 42.2 Å². The van der Waals surface area contributed by atoms with Crippen molar-refractivity contribution >= 4 is 17.2 Å². The molecular weight excluding hydrogens is 314 g/mol. The van der Waals surface area contributed by atoms with Crippen molar-refractivity contribution in [2.45, 2.75) is 25.7 Å². The van der Waals surface area contributed by atoms with Crippen LogP contribution in [0.4, 0.5) is 11.6 Å². The normalized spacial score (nSPS) is 18.1. The Bertz CT molecular complexity index is 907. The molecule has 0 spiro atoms. The molecule has 3 aromatic heterocycles. The second kappa shape index (κ2) is 5.68. The molecular formula is C18H21N7. The Morgan fingerprint density at radius 3 is 2.60 bits per heavy atom. The van der Waals surface area contributed by atoms with Gasteiger partial charge in [-0.3, -0.25) is 0 Å². The van der Waals surface area contributed by atoms with Crippen molar-refractivity contribution < 1.29 is 0 Å². The first-order chi connectivity index (χ1) is 12.3. The fraction of sp³-hybridized carbons (Fsp3) is 0.444. The lowest BCUT2D eigenvalue weighted by Crippen LogP contribution is -2.47. The fourth-order valence-electron chi connectivity index (χ4n) is 3.56. The Morgan fingerprint density at radius 2 is 1.80 bits per heavy atom. The largest absolute Gasteiger partial charge is 0.353 e. The zero-order valence-corrected chi connectivity index (χ0v) is 14.3. The van der Waals surface area contributed by atoms with Gasteiger partial charge < -0.3 is 9.80 Å². The number of hydrogen-bond donors (Lipinski definition) is 0. The molecule has 7 nitrogen and oxygen atoms in total. The van der Waals surface area contributed by atoms with Crippen LogP contribution in [-0.4, -0.2) is 50.7 Å². The van der Waals surface area contributed by atoms with E-state index in [1.165, 1.54) is 18.5 Å². The average Bonchev–Trinajstić information content (AvgIpc) is 3.38. The number of piperazine rings is 1. The third-order valence-electron chi connectivity index (χ3n) is 5.05.